The zero-order chi connectivity index (χ0) is 42.1. The Labute approximate surface area is 356 Å². The number of carbonyl (C=O) groups excluding carboxylic acids is 2. The van der Waals surface area contributed by atoms with Gasteiger partial charge in [-0.1, -0.05) is 78.9 Å². The first-order valence-electron chi connectivity index (χ1n) is 21.8. The number of aromatic amines is 1. The lowest BCUT2D eigenvalue weighted by atomic mass is 10.0. The maximum atomic E-state index is 13.2. The Morgan fingerprint density at radius 1 is 0.869 bits per heavy atom. The quantitative estimate of drug-likeness (QED) is 0.0575. The van der Waals surface area contributed by atoms with Gasteiger partial charge in [0.05, 0.1) is 36.9 Å². The van der Waals surface area contributed by atoms with Gasteiger partial charge in [0.2, 0.25) is 11.5 Å². The number of fused-ring (bicyclic) bond motifs is 2. The number of para-hydroxylation sites is 1. The fraction of sp³-hybridized carbons (Fsp3) is 0.408. The average molecular weight is 828 g/mol. The van der Waals surface area contributed by atoms with E-state index in [-0.39, 0.29) is 42.0 Å². The second-order valence-electron chi connectivity index (χ2n) is 16.8. The molecule has 12 nitrogen and oxygen atoms in total. The molecule has 320 valence electrons. The van der Waals surface area contributed by atoms with Crippen LogP contribution >= 0.6 is 0 Å². The number of rotatable bonds is 19. The van der Waals surface area contributed by atoms with Crippen LogP contribution < -0.4 is 16.2 Å². The first-order chi connectivity index (χ1) is 29.8. The Hall–Kier alpha value is -5.53. The summed E-state index contributed by atoms with van der Waals surface area (Å²) in [5.74, 6) is 1.13. The average Bonchev–Trinajstić information content (AvgIpc) is 3.93. The van der Waals surface area contributed by atoms with Crippen molar-refractivity contribution < 1.29 is 29.3 Å². The second-order valence-corrected chi connectivity index (χ2v) is 16.8. The molecular weight excluding hydrogens is 771 g/mol. The molecule has 2 heterocycles. The van der Waals surface area contributed by atoms with Gasteiger partial charge in [0.1, 0.15) is 11.9 Å². The monoisotopic (exact) mass is 827 g/mol. The highest BCUT2D eigenvalue weighted by Gasteiger charge is 2.42. The lowest BCUT2D eigenvalue weighted by Crippen LogP contribution is -2.39. The summed E-state index contributed by atoms with van der Waals surface area (Å²) in [7, 11) is 0. The molecule has 2 unspecified atom stereocenters. The van der Waals surface area contributed by atoms with E-state index in [0.29, 0.717) is 61.0 Å². The van der Waals surface area contributed by atoms with Crippen molar-refractivity contribution in [3.63, 3.8) is 0 Å². The smallest absolute Gasteiger partial charge is 0.411 e. The molecular formula is C49H57N5O7. The van der Waals surface area contributed by atoms with Crippen LogP contribution in [0.3, 0.4) is 0 Å². The van der Waals surface area contributed by atoms with E-state index >= 15 is 0 Å². The van der Waals surface area contributed by atoms with Crippen LogP contribution in [0.4, 0.5) is 10.5 Å². The normalized spacial score (nSPS) is 19.1. The SMILES string of the molecule is O=C(Nc1ccccc1-c1ccccc1)OC1CC2CN(CCc3cccc(CCOCCC(=O)N(CCNC[C@H](O)c4ccc(O)c5[nH]c(=O)ccc45)C4CC4)c3)CC2C1. The highest BCUT2D eigenvalue weighted by atomic mass is 16.6. The van der Waals surface area contributed by atoms with Gasteiger partial charge >= 0.3 is 6.09 Å². The Bertz CT molecular complexity index is 2320. The number of hydrogen-bond acceptors (Lipinski definition) is 9. The van der Waals surface area contributed by atoms with E-state index < -0.39 is 6.10 Å². The third-order valence-electron chi connectivity index (χ3n) is 12.5. The molecule has 3 fully saturated rings. The van der Waals surface area contributed by atoms with E-state index in [1.54, 1.807) is 12.1 Å². The van der Waals surface area contributed by atoms with E-state index in [9.17, 15) is 24.6 Å². The standard InChI is InChI=1S/C49H57N5O7/c55-44-17-15-41(42-16-18-46(57)52-48(42)44)45(56)30-50-22-24-54(38-13-14-38)47(58)21-26-60-25-20-34-8-6-7-33(27-34)19-23-53-31-36-28-39(29-37(36)32-53)61-49(59)51-43-12-5-4-11-40(43)35-9-2-1-3-10-35/h1-12,15-18,27,36-39,45,50,55-56H,13-14,19-26,28-32H2,(H,51,59)(H,52,57)/t36?,37?,39?,45-/m0/s1. The van der Waals surface area contributed by atoms with Gasteiger partial charge in [-0.3, -0.25) is 14.9 Å². The first-order valence-corrected chi connectivity index (χ1v) is 21.8. The summed E-state index contributed by atoms with van der Waals surface area (Å²) < 4.78 is 11.9. The van der Waals surface area contributed by atoms with Gasteiger partial charge in [-0.25, -0.2) is 4.79 Å². The summed E-state index contributed by atoms with van der Waals surface area (Å²) in [5, 5.41) is 27.9. The summed E-state index contributed by atoms with van der Waals surface area (Å²) in [6.45, 7) is 5.35. The van der Waals surface area contributed by atoms with Crippen molar-refractivity contribution in [1.29, 1.82) is 0 Å². The van der Waals surface area contributed by atoms with Gasteiger partial charge < -0.3 is 39.8 Å². The zero-order valence-electron chi connectivity index (χ0n) is 34.6. The molecule has 2 amide bonds. The number of pyridine rings is 1. The summed E-state index contributed by atoms with van der Waals surface area (Å²) in [6.07, 6.45) is 4.62. The van der Waals surface area contributed by atoms with Crippen LogP contribution in [-0.4, -0.2) is 102 Å². The van der Waals surface area contributed by atoms with Crippen LogP contribution in [0.5, 0.6) is 5.75 Å². The number of aliphatic hydroxyl groups is 1. The zero-order valence-corrected chi connectivity index (χ0v) is 34.6. The largest absolute Gasteiger partial charge is 0.506 e. The molecule has 1 aliphatic heterocycles. The minimum absolute atomic E-state index is 0.0465. The summed E-state index contributed by atoms with van der Waals surface area (Å²) in [4.78, 5) is 45.0. The Kier molecular flexibility index (Phi) is 13.8. The highest BCUT2D eigenvalue weighted by molar-refractivity contribution is 5.91. The van der Waals surface area contributed by atoms with Crippen molar-refractivity contribution in [3.05, 3.63) is 130 Å². The van der Waals surface area contributed by atoms with Crippen LogP contribution in [0.15, 0.2) is 108 Å². The lowest BCUT2D eigenvalue weighted by molar-refractivity contribution is -0.132. The number of ether oxygens (including phenoxy) is 2. The number of likely N-dealkylation sites (tertiary alicyclic amines) is 1. The fourth-order valence-electron chi connectivity index (χ4n) is 9.19. The lowest BCUT2D eigenvalue weighted by Gasteiger charge is -2.23. The Morgan fingerprint density at radius 3 is 2.41 bits per heavy atom. The molecule has 61 heavy (non-hydrogen) atoms. The topological polar surface area (TPSA) is 156 Å². The van der Waals surface area contributed by atoms with Crippen LogP contribution in [0, 0.1) is 11.8 Å². The number of phenols is 1. The molecule has 1 saturated heterocycles. The molecule has 0 bridgehead atoms. The molecule has 0 radical (unpaired) electrons. The van der Waals surface area contributed by atoms with Crippen LogP contribution in [0.25, 0.3) is 22.0 Å². The maximum Gasteiger partial charge on any atom is 0.411 e. The molecule has 5 N–H and O–H groups in total. The van der Waals surface area contributed by atoms with E-state index in [0.717, 1.165) is 75.0 Å². The Morgan fingerprint density at radius 2 is 1.62 bits per heavy atom. The van der Waals surface area contributed by atoms with Gasteiger partial charge in [0.25, 0.3) is 0 Å². The number of anilines is 1. The summed E-state index contributed by atoms with van der Waals surface area (Å²) in [5.41, 5.74) is 5.90. The fourth-order valence-corrected chi connectivity index (χ4v) is 9.19. The first kappa shape index (κ1) is 42.2. The van der Waals surface area contributed by atoms with Crippen molar-refractivity contribution in [3.8, 4) is 16.9 Å². The predicted molar refractivity (Wildman–Crippen MR) is 237 cm³/mol. The van der Waals surface area contributed by atoms with Gasteiger partial charge in [-0.15, -0.1) is 0 Å². The third kappa shape index (κ3) is 11.1. The molecule has 2 aliphatic carbocycles. The van der Waals surface area contributed by atoms with E-state index in [1.807, 2.05) is 59.5 Å². The predicted octanol–water partition coefficient (Wildman–Crippen LogP) is 6.67. The second kappa shape index (κ2) is 19.9. The number of nitrogens with one attached hydrogen (secondary N) is 3. The van der Waals surface area contributed by atoms with E-state index in [2.05, 4.69) is 44.8 Å². The van der Waals surface area contributed by atoms with Crippen LogP contribution in [-0.2, 0) is 27.1 Å². The number of phenolic OH excluding ortho intramolecular Hbond substituents is 1. The molecule has 2 saturated carbocycles. The van der Waals surface area contributed by atoms with Crippen molar-refractivity contribution in [2.75, 3.05) is 57.8 Å². The van der Waals surface area contributed by atoms with E-state index in [4.69, 9.17) is 9.47 Å². The third-order valence-corrected chi connectivity index (χ3v) is 12.5. The van der Waals surface area contributed by atoms with Gasteiger partial charge in [0.15, 0.2) is 0 Å². The Balaban J connectivity index is 0.702. The number of amides is 2. The molecule has 1 aromatic heterocycles. The molecule has 3 aliphatic rings. The highest BCUT2D eigenvalue weighted by Crippen LogP contribution is 2.40. The van der Waals surface area contributed by atoms with Crippen molar-refractivity contribution >= 4 is 28.6 Å². The van der Waals surface area contributed by atoms with Crippen LogP contribution in [0.1, 0.15) is 54.9 Å². The minimum atomic E-state index is -0.854. The number of H-pyrrole nitrogens is 1. The molecule has 4 aromatic carbocycles. The number of carbonyl (C=O) groups is 2. The molecule has 0 spiro atoms. The van der Waals surface area contributed by atoms with Crippen molar-refractivity contribution in [1.82, 2.24) is 20.1 Å². The molecule has 12 heteroatoms. The van der Waals surface area contributed by atoms with Gasteiger partial charge in [-0.05, 0) is 90.8 Å². The minimum Gasteiger partial charge on any atom is -0.506 e. The van der Waals surface area contributed by atoms with Crippen molar-refractivity contribution in [2.45, 2.75) is 63.2 Å². The number of aromatic hydroxyl groups is 1. The summed E-state index contributed by atoms with van der Waals surface area (Å²) in [6, 6.07) is 33.0. The van der Waals surface area contributed by atoms with Gasteiger partial charge in [-0.2, -0.15) is 0 Å². The molecule has 8 rings (SSSR count). The number of nitrogens with zero attached hydrogens (tertiary/aromatic N) is 2. The number of benzene rings is 4. The van der Waals surface area contributed by atoms with Crippen LogP contribution in [0.2, 0.25) is 0 Å². The van der Waals surface area contributed by atoms with Gasteiger partial charge in [0, 0.05) is 62.3 Å². The van der Waals surface area contributed by atoms with E-state index in [1.165, 1.54) is 23.3 Å². The maximum absolute atomic E-state index is 13.2. The number of aromatic nitrogens is 1. The molecule has 3 atom stereocenters. The number of aliphatic hydroxyl groups excluding tert-OH is 1. The molecule has 5 aromatic rings. The summed E-state index contributed by atoms with van der Waals surface area (Å²) >= 11 is 0. The van der Waals surface area contributed by atoms with Crippen molar-refractivity contribution in [2.24, 2.45) is 11.8 Å². The number of hydrogen-bond donors (Lipinski definition) is 5.